The van der Waals surface area contributed by atoms with Crippen molar-refractivity contribution in [1.29, 1.82) is 0 Å². The highest BCUT2D eigenvalue weighted by molar-refractivity contribution is 7.89. The smallest absolute Gasteiger partial charge is 0.242 e. The number of nitrogen functional groups attached to an aromatic ring is 1. The average molecular weight is 259 g/mol. The molecule has 0 bridgehead atoms. The van der Waals surface area contributed by atoms with Crippen molar-refractivity contribution in [3.63, 3.8) is 0 Å². The van der Waals surface area contributed by atoms with Crippen molar-refractivity contribution in [3.8, 4) is 0 Å². The van der Waals surface area contributed by atoms with Crippen molar-refractivity contribution in [3.05, 3.63) is 24.3 Å². The van der Waals surface area contributed by atoms with Gasteiger partial charge in [0.1, 0.15) is 0 Å². The zero-order valence-corrected chi connectivity index (χ0v) is 10.6. The van der Waals surface area contributed by atoms with E-state index in [2.05, 4.69) is 5.43 Å². The van der Waals surface area contributed by atoms with Gasteiger partial charge in [0.05, 0.1) is 11.0 Å². The molecule has 1 unspecified atom stereocenters. The van der Waals surface area contributed by atoms with Gasteiger partial charge < -0.3 is 10.5 Å². The highest BCUT2D eigenvalue weighted by Gasteiger charge is 2.21. The molecule has 7 heteroatoms. The molecule has 1 atom stereocenters. The summed E-state index contributed by atoms with van der Waals surface area (Å²) in [6.45, 7) is 1.59. The summed E-state index contributed by atoms with van der Waals surface area (Å²) in [4.78, 5) is 0.166. The number of hydrazine groups is 1. The van der Waals surface area contributed by atoms with Gasteiger partial charge in [-0.25, -0.2) is 8.42 Å². The quantitative estimate of drug-likeness (QED) is 0.510. The lowest BCUT2D eigenvalue weighted by Gasteiger charge is -2.18. The summed E-state index contributed by atoms with van der Waals surface area (Å²) >= 11 is 0. The third-order valence-electron chi connectivity index (χ3n) is 2.25. The van der Waals surface area contributed by atoms with Crippen molar-refractivity contribution in [1.82, 2.24) is 4.31 Å². The van der Waals surface area contributed by atoms with Crippen molar-refractivity contribution in [2.75, 3.05) is 19.0 Å². The molecule has 0 amide bonds. The number of sulfonamides is 1. The van der Waals surface area contributed by atoms with E-state index in [1.165, 1.54) is 26.1 Å². The van der Waals surface area contributed by atoms with Gasteiger partial charge in [-0.3, -0.25) is 5.84 Å². The normalized spacial score (nSPS) is 13.7. The van der Waals surface area contributed by atoms with Gasteiger partial charge in [0.25, 0.3) is 0 Å². The molecular weight excluding hydrogens is 242 g/mol. The number of nitrogens with two attached hydrogens (primary N) is 1. The molecule has 6 nitrogen and oxygen atoms in total. The van der Waals surface area contributed by atoms with Crippen LogP contribution in [0.25, 0.3) is 0 Å². The lowest BCUT2D eigenvalue weighted by molar-refractivity contribution is 0.171. The van der Waals surface area contributed by atoms with Gasteiger partial charge in [0.15, 0.2) is 0 Å². The minimum atomic E-state index is -3.55. The van der Waals surface area contributed by atoms with E-state index in [1.807, 2.05) is 0 Å². The second-order valence-electron chi connectivity index (χ2n) is 3.80. The maximum Gasteiger partial charge on any atom is 0.242 e. The summed E-state index contributed by atoms with van der Waals surface area (Å²) in [6.07, 6.45) is -0.709. The number of hydrogen-bond acceptors (Lipinski definition) is 5. The molecule has 0 aromatic heterocycles. The van der Waals surface area contributed by atoms with Crippen LogP contribution in [0.3, 0.4) is 0 Å². The fraction of sp³-hybridized carbons (Fsp3) is 0.400. The number of aliphatic hydroxyl groups excluding tert-OH is 1. The number of hydrogen-bond donors (Lipinski definition) is 3. The van der Waals surface area contributed by atoms with Gasteiger partial charge in [-0.15, -0.1) is 0 Å². The molecule has 4 N–H and O–H groups in total. The number of rotatable bonds is 5. The third kappa shape index (κ3) is 3.40. The standard InChI is InChI=1S/C10H17N3O3S/c1-8(14)7-13(2)17(15,16)10-5-3-9(12-11)4-6-10/h3-6,8,12,14H,7,11H2,1-2H3. The van der Waals surface area contributed by atoms with E-state index in [-0.39, 0.29) is 11.4 Å². The molecule has 0 heterocycles. The average Bonchev–Trinajstić information content (AvgIpc) is 2.28. The number of anilines is 1. The Kier molecular flexibility index (Phi) is 4.47. The van der Waals surface area contributed by atoms with Crippen LogP contribution >= 0.6 is 0 Å². The highest BCUT2D eigenvalue weighted by atomic mass is 32.2. The number of nitrogens with one attached hydrogen (secondary N) is 1. The van der Waals surface area contributed by atoms with E-state index >= 15 is 0 Å². The molecule has 17 heavy (non-hydrogen) atoms. The molecule has 0 spiro atoms. The zero-order chi connectivity index (χ0) is 13.1. The van der Waals surface area contributed by atoms with Crippen molar-refractivity contribution in [2.24, 2.45) is 5.84 Å². The minimum Gasteiger partial charge on any atom is -0.392 e. The van der Waals surface area contributed by atoms with Crippen LogP contribution in [0.1, 0.15) is 6.92 Å². The zero-order valence-electron chi connectivity index (χ0n) is 9.79. The van der Waals surface area contributed by atoms with Crippen molar-refractivity contribution < 1.29 is 13.5 Å². The molecule has 1 aromatic rings. The third-order valence-corrected chi connectivity index (χ3v) is 4.09. The Bertz CT molecular complexity index is 456. The van der Waals surface area contributed by atoms with Crippen LogP contribution in [0.5, 0.6) is 0 Å². The number of benzene rings is 1. The molecule has 0 saturated heterocycles. The van der Waals surface area contributed by atoms with Gasteiger partial charge in [-0.05, 0) is 31.2 Å². The van der Waals surface area contributed by atoms with Gasteiger partial charge in [0.2, 0.25) is 10.0 Å². The molecule has 1 aromatic carbocycles. The highest BCUT2D eigenvalue weighted by Crippen LogP contribution is 2.17. The number of nitrogens with zero attached hydrogens (tertiary/aromatic N) is 1. The molecule has 0 aliphatic rings. The summed E-state index contributed by atoms with van der Waals surface area (Å²) in [6, 6.07) is 6.07. The van der Waals surface area contributed by atoms with E-state index in [0.29, 0.717) is 5.69 Å². The second-order valence-corrected chi connectivity index (χ2v) is 5.85. The fourth-order valence-corrected chi connectivity index (χ4v) is 2.63. The summed E-state index contributed by atoms with van der Waals surface area (Å²) in [5.41, 5.74) is 3.05. The van der Waals surface area contributed by atoms with Gasteiger partial charge in [-0.1, -0.05) is 0 Å². The second kappa shape index (κ2) is 5.46. The predicted molar refractivity (Wildman–Crippen MR) is 65.7 cm³/mol. The van der Waals surface area contributed by atoms with Crippen LogP contribution in [-0.2, 0) is 10.0 Å². The van der Waals surface area contributed by atoms with Crippen molar-refractivity contribution in [2.45, 2.75) is 17.9 Å². The monoisotopic (exact) mass is 259 g/mol. The Hall–Kier alpha value is -1.15. The fourth-order valence-electron chi connectivity index (χ4n) is 1.37. The molecule has 0 fully saturated rings. The van der Waals surface area contributed by atoms with Crippen molar-refractivity contribution >= 4 is 15.7 Å². The first kappa shape index (κ1) is 13.9. The van der Waals surface area contributed by atoms with E-state index in [9.17, 15) is 13.5 Å². The lowest BCUT2D eigenvalue weighted by atomic mass is 10.3. The van der Waals surface area contributed by atoms with E-state index in [0.717, 1.165) is 4.31 Å². The Labute approximate surface area is 101 Å². The first-order valence-electron chi connectivity index (χ1n) is 5.09. The maximum absolute atomic E-state index is 12.0. The Balaban J connectivity index is 2.96. The van der Waals surface area contributed by atoms with Crippen LogP contribution in [0, 0.1) is 0 Å². The molecule has 96 valence electrons. The Morgan fingerprint density at radius 2 is 1.94 bits per heavy atom. The Morgan fingerprint density at radius 3 is 2.35 bits per heavy atom. The van der Waals surface area contributed by atoms with Gasteiger partial charge in [0, 0.05) is 19.3 Å². The van der Waals surface area contributed by atoms with Gasteiger partial charge >= 0.3 is 0 Å². The topological polar surface area (TPSA) is 95.7 Å². The van der Waals surface area contributed by atoms with E-state index < -0.39 is 16.1 Å². The van der Waals surface area contributed by atoms with Crippen LogP contribution in [0.4, 0.5) is 5.69 Å². The number of aliphatic hydroxyl groups is 1. The summed E-state index contributed by atoms with van der Waals surface area (Å²) in [5, 5.41) is 9.18. The minimum absolute atomic E-state index is 0.0548. The SMILES string of the molecule is CC(O)CN(C)S(=O)(=O)c1ccc(NN)cc1. The molecule has 1 rings (SSSR count). The van der Waals surface area contributed by atoms with E-state index in [1.54, 1.807) is 12.1 Å². The maximum atomic E-state index is 12.0. The van der Waals surface area contributed by atoms with Crippen LogP contribution in [-0.4, -0.2) is 37.5 Å². The summed E-state index contributed by atoms with van der Waals surface area (Å²) < 4.78 is 25.2. The number of likely N-dealkylation sites (N-methyl/N-ethyl adjacent to an activating group) is 1. The Morgan fingerprint density at radius 1 is 1.41 bits per heavy atom. The largest absolute Gasteiger partial charge is 0.392 e. The molecule has 0 aliphatic heterocycles. The van der Waals surface area contributed by atoms with Crippen LogP contribution in [0.2, 0.25) is 0 Å². The first-order valence-corrected chi connectivity index (χ1v) is 6.53. The molecule has 0 saturated carbocycles. The molecule has 0 aliphatic carbocycles. The van der Waals surface area contributed by atoms with E-state index in [4.69, 9.17) is 5.84 Å². The van der Waals surface area contributed by atoms with Gasteiger partial charge in [-0.2, -0.15) is 4.31 Å². The summed E-state index contributed by atoms with van der Waals surface area (Å²) in [5.74, 6) is 5.19. The first-order chi connectivity index (χ1) is 7.87. The van der Waals surface area contributed by atoms with Crippen LogP contribution in [0.15, 0.2) is 29.2 Å². The molecular formula is C10H17N3O3S. The van der Waals surface area contributed by atoms with Crippen LogP contribution < -0.4 is 11.3 Å². The molecule has 0 radical (unpaired) electrons. The summed E-state index contributed by atoms with van der Waals surface area (Å²) in [7, 11) is -2.13. The predicted octanol–water partition coefficient (Wildman–Crippen LogP) is -0.0265. The lowest BCUT2D eigenvalue weighted by Crippen LogP contribution is -2.33.